The highest BCUT2D eigenvalue weighted by Crippen LogP contribution is 2.06. The average molecular weight is 343 g/mol. The van der Waals surface area contributed by atoms with Crippen molar-refractivity contribution in [3.05, 3.63) is 54.6 Å². The highest BCUT2D eigenvalue weighted by Gasteiger charge is 2.05. The van der Waals surface area contributed by atoms with E-state index in [2.05, 4.69) is 10.1 Å². The molecule has 6 nitrogen and oxygen atoms in total. The molecular formula is C19H25N3O3. The Morgan fingerprint density at radius 2 is 2.04 bits per heavy atom. The summed E-state index contributed by atoms with van der Waals surface area (Å²) in [6.07, 6.45) is 8.45. The Bertz CT molecular complexity index is 639. The fourth-order valence-corrected chi connectivity index (χ4v) is 2.33. The summed E-state index contributed by atoms with van der Waals surface area (Å²) in [7, 11) is 0. The van der Waals surface area contributed by atoms with E-state index >= 15 is 0 Å². The van der Waals surface area contributed by atoms with Crippen molar-refractivity contribution in [1.82, 2.24) is 9.55 Å². The van der Waals surface area contributed by atoms with Gasteiger partial charge in [-0.2, -0.15) is 0 Å². The molecule has 0 aliphatic carbocycles. The van der Waals surface area contributed by atoms with Gasteiger partial charge in [0, 0.05) is 24.4 Å². The zero-order valence-corrected chi connectivity index (χ0v) is 14.6. The summed E-state index contributed by atoms with van der Waals surface area (Å²) in [6, 6.07) is 9.96. The molecule has 0 bridgehead atoms. The number of benzene rings is 1. The monoisotopic (exact) mass is 343 g/mol. The van der Waals surface area contributed by atoms with E-state index in [0.717, 1.165) is 30.5 Å². The molecule has 0 amide bonds. The lowest BCUT2D eigenvalue weighted by Gasteiger charge is -2.08. The van der Waals surface area contributed by atoms with E-state index in [1.807, 2.05) is 48.0 Å². The first-order valence-electron chi connectivity index (χ1n) is 8.65. The Balaban J connectivity index is 1.77. The lowest BCUT2D eigenvalue weighted by Crippen LogP contribution is -2.11. The molecule has 2 rings (SSSR count). The Morgan fingerprint density at radius 1 is 1.20 bits per heavy atom. The predicted octanol–water partition coefficient (Wildman–Crippen LogP) is 3.43. The molecule has 0 radical (unpaired) electrons. The van der Waals surface area contributed by atoms with Crippen LogP contribution in [0.1, 0.15) is 38.2 Å². The van der Waals surface area contributed by atoms with Gasteiger partial charge in [-0.25, -0.2) is 4.98 Å². The van der Waals surface area contributed by atoms with Crippen LogP contribution in [0.2, 0.25) is 0 Å². The second kappa shape index (κ2) is 11.0. The summed E-state index contributed by atoms with van der Waals surface area (Å²) >= 11 is 0. The van der Waals surface area contributed by atoms with Gasteiger partial charge >= 0.3 is 5.97 Å². The third kappa shape index (κ3) is 7.20. The lowest BCUT2D eigenvalue weighted by molar-refractivity contribution is -0.143. The molecule has 0 atom stereocenters. The summed E-state index contributed by atoms with van der Waals surface area (Å²) in [5.41, 5.74) is 1.88. The van der Waals surface area contributed by atoms with Crippen molar-refractivity contribution in [1.29, 1.82) is 0 Å². The summed E-state index contributed by atoms with van der Waals surface area (Å²) in [6.45, 7) is 3.39. The summed E-state index contributed by atoms with van der Waals surface area (Å²) in [4.78, 5) is 20.8. The van der Waals surface area contributed by atoms with Crippen molar-refractivity contribution in [2.45, 2.75) is 39.2 Å². The van der Waals surface area contributed by atoms with Gasteiger partial charge in [-0.3, -0.25) is 4.79 Å². The zero-order valence-electron chi connectivity index (χ0n) is 14.6. The number of carbonyl (C=O) groups excluding carboxylic acids is 1. The molecule has 2 aromatic rings. The minimum atomic E-state index is -0.131. The number of aromatic nitrogens is 2. The molecular weight excluding hydrogens is 318 g/mol. The largest absolute Gasteiger partial charge is 0.466 e. The second-order valence-corrected chi connectivity index (χ2v) is 5.59. The number of unbranched alkanes of at least 4 members (excludes halogenated alkanes) is 2. The fraction of sp³-hybridized carbons (Fsp3) is 0.421. The van der Waals surface area contributed by atoms with E-state index in [-0.39, 0.29) is 5.97 Å². The van der Waals surface area contributed by atoms with Crippen LogP contribution in [-0.2, 0) is 20.9 Å². The number of nitrogens with zero attached hydrogens (tertiary/aromatic N) is 3. The molecule has 0 saturated heterocycles. The SMILES string of the molecule is CCOC(=O)CCCCCO/N=C(\Cn1ccnc1)c1ccccc1. The summed E-state index contributed by atoms with van der Waals surface area (Å²) in [5.74, 6) is -0.131. The van der Waals surface area contributed by atoms with Crippen LogP contribution in [-0.4, -0.2) is 34.4 Å². The van der Waals surface area contributed by atoms with E-state index in [1.54, 1.807) is 12.5 Å². The molecule has 0 aliphatic heterocycles. The first kappa shape index (κ1) is 18.7. The summed E-state index contributed by atoms with van der Waals surface area (Å²) < 4.78 is 6.85. The molecule has 134 valence electrons. The van der Waals surface area contributed by atoms with Gasteiger partial charge < -0.3 is 14.1 Å². The maximum atomic E-state index is 11.2. The van der Waals surface area contributed by atoms with Gasteiger partial charge in [0.05, 0.1) is 19.5 Å². The lowest BCUT2D eigenvalue weighted by atomic mass is 10.1. The predicted molar refractivity (Wildman–Crippen MR) is 96.3 cm³/mol. The topological polar surface area (TPSA) is 65.7 Å². The molecule has 0 aliphatic rings. The number of carbonyl (C=O) groups is 1. The highest BCUT2D eigenvalue weighted by molar-refractivity contribution is 6.00. The Kier molecular flexibility index (Phi) is 8.24. The van der Waals surface area contributed by atoms with Crippen LogP contribution in [0, 0.1) is 0 Å². The number of ether oxygens (including phenoxy) is 1. The van der Waals surface area contributed by atoms with Crippen molar-refractivity contribution in [2.24, 2.45) is 5.16 Å². The third-order valence-electron chi connectivity index (χ3n) is 3.60. The van der Waals surface area contributed by atoms with Crippen LogP contribution in [0.4, 0.5) is 0 Å². The molecule has 0 unspecified atom stereocenters. The van der Waals surface area contributed by atoms with Crippen molar-refractivity contribution in [3.8, 4) is 0 Å². The quantitative estimate of drug-likeness (QED) is 0.271. The standard InChI is InChI=1S/C19H25N3O3/c1-2-24-19(23)11-7-4-8-14-25-21-18(15-22-13-12-20-16-22)17-9-5-3-6-10-17/h3,5-6,9-10,12-13,16H,2,4,7-8,11,14-15H2,1H3/b21-18+. The maximum absolute atomic E-state index is 11.2. The van der Waals surface area contributed by atoms with E-state index < -0.39 is 0 Å². The second-order valence-electron chi connectivity index (χ2n) is 5.59. The molecule has 1 aromatic carbocycles. The van der Waals surface area contributed by atoms with Crippen molar-refractivity contribution >= 4 is 11.7 Å². The van der Waals surface area contributed by atoms with E-state index in [4.69, 9.17) is 9.57 Å². The molecule has 0 fully saturated rings. The van der Waals surface area contributed by atoms with Crippen LogP contribution >= 0.6 is 0 Å². The van der Waals surface area contributed by atoms with Crippen molar-refractivity contribution in [3.63, 3.8) is 0 Å². The van der Waals surface area contributed by atoms with Gasteiger partial charge in [-0.15, -0.1) is 0 Å². The first-order chi connectivity index (χ1) is 12.3. The Hall–Kier alpha value is -2.63. The smallest absolute Gasteiger partial charge is 0.305 e. The van der Waals surface area contributed by atoms with Gasteiger partial charge in [-0.05, 0) is 26.2 Å². The molecule has 1 aromatic heterocycles. The Morgan fingerprint density at radius 3 is 2.76 bits per heavy atom. The van der Waals surface area contributed by atoms with Crippen LogP contribution in [0.25, 0.3) is 0 Å². The fourth-order valence-electron chi connectivity index (χ4n) is 2.33. The summed E-state index contributed by atoms with van der Waals surface area (Å²) in [5, 5.41) is 4.31. The van der Waals surface area contributed by atoms with Gasteiger partial charge in [0.25, 0.3) is 0 Å². The van der Waals surface area contributed by atoms with E-state index in [9.17, 15) is 4.79 Å². The number of hydrogen-bond donors (Lipinski definition) is 0. The zero-order chi connectivity index (χ0) is 17.7. The van der Waals surface area contributed by atoms with Gasteiger partial charge in [0.1, 0.15) is 12.3 Å². The van der Waals surface area contributed by atoms with Gasteiger partial charge in [0.15, 0.2) is 0 Å². The van der Waals surface area contributed by atoms with Gasteiger partial charge in [0.2, 0.25) is 0 Å². The molecule has 0 saturated carbocycles. The number of esters is 1. The third-order valence-corrected chi connectivity index (χ3v) is 3.60. The number of oxime groups is 1. The maximum Gasteiger partial charge on any atom is 0.305 e. The number of rotatable bonds is 11. The number of imidazole rings is 1. The highest BCUT2D eigenvalue weighted by atomic mass is 16.6. The van der Waals surface area contributed by atoms with Crippen molar-refractivity contribution in [2.75, 3.05) is 13.2 Å². The molecule has 25 heavy (non-hydrogen) atoms. The van der Waals surface area contributed by atoms with Crippen LogP contribution < -0.4 is 0 Å². The molecule has 1 heterocycles. The molecule has 0 spiro atoms. The van der Waals surface area contributed by atoms with E-state index in [1.165, 1.54) is 0 Å². The van der Waals surface area contributed by atoms with E-state index in [0.29, 0.717) is 26.2 Å². The van der Waals surface area contributed by atoms with Crippen LogP contribution in [0.15, 0.2) is 54.2 Å². The van der Waals surface area contributed by atoms with Crippen molar-refractivity contribution < 1.29 is 14.4 Å². The molecule has 0 N–H and O–H groups in total. The minimum Gasteiger partial charge on any atom is -0.466 e. The number of hydrogen-bond acceptors (Lipinski definition) is 5. The first-order valence-corrected chi connectivity index (χ1v) is 8.65. The van der Waals surface area contributed by atoms with Crippen LogP contribution in [0.5, 0.6) is 0 Å². The van der Waals surface area contributed by atoms with Gasteiger partial charge in [-0.1, -0.05) is 35.5 Å². The Labute approximate surface area is 148 Å². The molecule has 6 heteroatoms. The minimum absolute atomic E-state index is 0.131. The average Bonchev–Trinajstić information content (AvgIpc) is 3.14. The normalized spacial score (nSPS) is 11.3. The van der Waals surface area contributed by atoms with Crippen LogP contribution in [0.3, 0.4) is 0 Å².